The number of hydrogen-bond donors (Lipinski definition) is 1. The Bertz CT molecular complexity index is 162. The van der Waals surface area contributed by atoms with Gasteiger partial charge in [-0.25, -0.2) is 0 Å². The first kappa shape index (κ1) is 8.55. The number of rotatable bonds is 1. The summed E-state index contributed by atoms with van der Waals surface area (Å²) in [5.74, 6) is 4.64. The highest BCUT2D eigenvalue weighted by Crippen LogP contribution is 2.56. The first-order valence-corrected chi connectivity index (χ1v) is 5.37. The molecular weight excluding hydrogens is 146 g/mol. The van der Waals surface area contributed by atoms with Crippen LogP contribution in [0.1, 0.15) is 33.6 Å². The summed E-state index contributed by atoms with van der Waals surface area (Å²) < 4.78 is 0. The van der Waals surface area contributed by atoms with Crippen molar-refractivity contribution >= 4 is 0 Å². The van der Waals surface area contributed by atoms with Crippen LogP contribution in [0, 0.1) is 29.6 Å². The van der Waals surface area contributed by atoms with E-state index in [0.717, 1.165) is 29.6 Å². The van der Waals surface area contributed by atoms with E-state index in [-0.39, 0.29) is 0 Å². The summed E-state index contributed by atoms with van der Waals surface area (Å²) in [6, 6.07) is 0.430. The molecule has 3 saturated carbocycles. The van der Waals surface area contributed by atoms with Crippen LogP contribution >= 0.6 is 0 Å². The van der Waals surface area contributed by atoms with Gasteiger partial charge >= 0.3 is 0 Å². The first-order chi connectivity index (χ1) is 5.61. The monoisotopic (exact) mass is 167 g/mol. The molecule has 0 aromatic heterocycles. The molecule has 0 aliphatic heterocycles. The average molecular weight is 167 g/mol. The maximum Gasteiger partial charge on any atom is 0.00442 e. The summed E-state index contributed by atoms with van der Waals surface area (Å²) in [5.41, 5.74) is 6.01. The minimum atomic E-state index is 0.430. The highest BCUT2D eigenvalue weighted by atomic mass is 14.7. The van der Waals surface area contributed by atoms with Crippen LogP contribution in [0.2, 0.25) is 0 Å². The standard InChI is InChI=1S/C11H21N/c1-6-4-7(2)10-5-9(6)11(10)8(3)12/h6-11H,4-5,12H2,1-3H3/t6-,7+,8?,9?,10?,11?. The Kier molecular flexibility index (Phi) is 1.95. The van der Waals surface area contributed by atoms with Crippen molar-refractivity contribution in [3.63, 3.8) is 0 Å². The molecule has 3 aliphatic carbocycles. The van der Waals surface area contributed by atoms with Crippen LogP contribution in [-0.2, 0) is 0 Å². The molecule has 1 nitrogen and oxygen atoms in total. The Morgan fingerprint density at radius 3 is 1.92 bits per heavy atom. The van der Waals surface area contributed by atoms with Gasteiger partial charge in [-0.15, -0.1) is 0 Å². The van der Waals surface area contributed by atoms with Crippen molar-refractivity contribution < 1.29 is 0 Å². The fourth-order valence-corrected chi connectivity index (χ4v) is 3.69. The predicted molar refractivity (Wildman–Crippen MR) is 51.7 cm³/mol. The molecule has 0 amide bonds. The van der Waals surface area contributed by atoms with Gasteiger partial charge in [-0.1, -0.05) is 13.8 Å². The summed E-state index contributed by atoms with van der Waals surface area (Å²) in [7, 11) is 0. The lowest BCUT2D eigenvalue weighted by molar-refractivity contribution is -0.0767. The Balaban J connectivity index is 2.09. The van der Waals surface area contributed by atoms with Gasteiger partial charge in [0.15, 0.2) is 0 Å². The molecule has 2 bridgehead atoms. The predicted octanol–water partition coefficient (Wildman–Crippen LogP) is 2.26. The van der Waals surface area contributed by atoms with Gasteiger partial charge in [0.25, 0.3) is 0 Å². The summed E-state index contributed by atoms with van der Waals surface area (Å²) in [6.45, 7) is 7.01. The zero-order valence-electron chi connectivity index (χ0n) is 8.46. The van der Waals surface area contributed by atoms with Gasteiger partial charge in [-0.2, -0.15) is 0 Å². The highest BCUT2D eigenvalue weighted by Gasteiger charge is 2.51. The van der Waals surface area contributed by atoms with E-state index in [4.69, 9.17) is 5.73 Å². The molecule has 0 heterocycles. The molecule has 0 aromatic rings. The molecule has 12 heavy (non-hydrogen) atoms. The average Bonchev–Trinajstić information content (AvgIpc) is 1.80. The van der Waals surface area contributed by atoms with Gasteiger partial charge in [0.2, 0.25) is 0 Å². The lowest BCUT2D eigenvalue weighted by atomic mass is 9.48. The van der Waals surface area contributed by atoms with E-state index in [9.17, 15) is 0 Å². The van der Waals surface area contributed by atoms with Gasteiger partial charge in [0.1, 0.15) is 0 Å². The molecule has 0 radical (unpaired) electrons. The Labute approximate surface area is 75.7 Å². The molecule has 1 heteroatoms. The van der Waals surface area contributed by atoms with E-state index < -0.39 is 0 Å². The fraction of sp³-hybridized carbons (Fsp3) is 1.00. The number of fused-ring (bicyclic) bond motifs is 2. The van der Waals surface area contributed by atoms with Crippen LogP contribution in [0.25, 0.3) is 0 Å². The van der Waals surface area contributed by atoms with Crippen LogP contribution in [0.3, 0.4) is 0 Å². The fourth-order valence-electron chi connectivity index (χ4n) is 3.69. The Hall–Kier alpha value is -0.0400. The van der Waals surface area contributed by atoms with Crippen molar-refractivity contribution in [1.29, 1.82) is 0 Å². The SMILES string of the molecule is CC(N)C1C2CC1[C@@H](C)C[C@H]2C. The second-order valence-electron chi connectivity index (χ2n) is 5.19. The third-order valence-corrected chi connectivity index (χ3v) is 4.35. The molecule has 70 valence electrons. The third kappa shape index (κ3) is 1.02. The Morgan fingerprint density at radius 1 is 1.08 bits per heavy atom. The van der Waals surface area contributed by atoms with E-state index in [1.54, 1.807) is 0 Å². The smallest absolute Gasteiger partial charge is 0.00442 e. The maximum atomic E-state index is 6.01. The highest BCUT2D eigenvalue weighted by molar-refractivity contribution is 5.01. The van der Waals surface area contributed by atoms with Gasteiger partial charge in [-0.05, 0) is 49.4 Å². The normalized spacial score (nSPS) is 54.5. The molecular formula is C11H21N. The quantitative estimate of drug-likeness (QED) is 0.637. The van der Waals surface area contributed by atoms with E-state index in [2.05, 4.69) is 20.8 Å². The van der Waals surface area contributed by atoms with E-state index in [1.807, 2.05) is 0 Å². The van der Waals surface area contributed by atoms with Crippen LogP contribution in [-0.4, -0.2) is 6.04 Å². The molecule has 3 fully saturated rings. The molecule has 4 unspecified atom stereocenters. The molecule has 0 spiro atoms. The molecule has 0 aromatic carbocycles. The zero-order chi connectivity index (χ0) is 8.88. The zero-order valence-corrected chi connectivity index (χ0v) is 8.46. The summed E-state index contributed by atoms with van der Waals surface area (Å²) in [5, 5.41) is 0. The topological polar surface area (TPSA) is 26.0 Å². The Morgan fingerprint density at radius 2 is 1.58 bits per heavy atom. The summed E-state index contributed by atoms with van der Waals surface area (Å²) >= 11 is 0. The van der Waals surface area contributed by atoms with E-state index >= 15 is 0 Å². The van der Waals surface area contributed by atoms with Crippen LogP contribution in [0.15, 0.2) is 0 Å². The largest absolute Gasteiger partial charge is 0.328 e. The molecule has 6 atom stereocenters. The van der Waals surface area contributed by atoms with Crippen LogP contribution < -0.4 is 5.73 Å². The van der Waals surface area contributed by atoms with E-state index in [1.165, 1.54) is 12.8 Å². The van der Waals surface area contributed by atoms with Gasteiger partial charge in [0, 0.05) is 6.04 Å². The van der Waals surface area contributed by atoms with Gasteiger partial charge in [-0.3, -0.25) is 0 Å². The second kappa shape index (κ2) is 2.73. The number of hydrogen-bond acceptors (Lipinski definition) is 1. The van der Waals surface area contributed by atoms with Crippen molar-refractivity contribution in [3.8, 4) is 0 Å². The molecule has 0 saturated heterocycles. The van der Waals surface area contributed by atoms with Gasteiger partial charge in [0.05, 0.1) is 0 Å². The van der Waals surface area contributed by atoms with Crippen molar-refractivity contribution in [2.45, 2.75) is 39.7 Å². The van der Waals surface area contributed by atoms with E-state index in [0.29, 0.717) is 6.04 Å². The third-order valence-electron chi connectivity index (χ3n) is 4.35. The summed E-state index contributed by atoms with van der Waals surface area (Å²) in [6.07, 6.45) is 2.91. The molecule has 3 aliphatic rings. The first-order valence-electron chi connectivity index (χ1n) is 5.37. The van der Waals surface area contributed by atoms with Gasteiger partial charge < -0.3 is 5.73 Å². The van der Waals surface area contributed by atoms with Crippen LogP contribution in [0.5, 0.6) is 0 Å². The second-order valence-corrected chi connectivity index (χ2v) is 5.19. The summed E-state index contributed by atoms with van der Waals surface area (Å²) in [4.78, 5) is 0. The molecule has 3 rings (SSSR count). The van der Waals surface area contributed by atoms with Crippen molar-refractivity contribution in [2.75, 3.05) is 0 Å². The van der Waals surface area contributed by atoms with Crippen molar-refractivity contribution in [2.24, 2.45) is 35.3 Å². The minimum Gasteiger partial charge on any atom is -0.328 e. The van der Waals surface area contributed by atoms with Crippen molar-refractivity contribution in [1.82, 2.24) is 0 Å². The minimum absolute atomic E-state index is 0.430. The lowest BCUT2D eigenvalue weighted by Crippen LogP contribution is -2.55. The van der Waals surface area contributed by atoms with Crippen molar-refractivity contribution in [3.05, 3.63) is 0 Å². The van der Waals surface area contributed by atoms with Crippen LogP contribution in [0.4, 0.5) is 0 Å². The number of nitrogens with two attached hydrogens (primary N) is 1. The maximum absolute atomic E-state index is 6.01. The lowest BCUT2D eigenvalue weighted by Gasteiger charge is -2.57. The molecule has 2 N–H and O–H groups in total.